The number of rotatable bonds is 3. The molecule has 0 atom stereocenters. The highest BCUT2D eigenvalue weighted by molar-refractivity contribution is 5.98. The Morgan fingerprint density at radius 1 is 1.05 bits per heavy atom. The maximum Gasteiger partial charge on any atom is 0.170 e. The monoisotopic (exact) mass is 260 g/mol. The average molecular weight is 260 g/mol. The summed E-state index contributed by atoms with van der Waals surface area (Å²) >= 11 is 0. The fourth-order valence-corrected chi connectivity index (χ4v) is 2.09. The third-order valence-corrected chi connectivity index (χ3v) is 3.21. The number of carbonyl (C=O) groups excluding carboxylic acids is 1. The van der Waals surface area contributed by atoms with Crippen LogP contribution >= 0.6 is 0 Å². The largest absolute Gasteiger partial charge is 0.294 e. The number of benzene rings is 2. The van der Waals surface area contributed by atoms with E-state index < -0.39 is 17.4 Å². The van der Waals surface area contributed by atoms with Gasteiger partial charge in [-0.2, -0.15) is 0 Å². The van der Waals surface area contributed by atoms with Crippen molar-refractivity contribution in [1.82, 2.24) is 0 Å². The quantitative estimate of drug-likeness (QED) is 0.762. The first-order chi connectivity index (χ1) is 8.99. The SMILES string of the molecule is Cc1cccc(C)c1CC(=O)c1cc(F)ccc1F. The van der Waals surface area contributed by atoms with E-state index in [0.29, 0.717) is 0 Å². The molecule has 0 N–H and O–H groups in total. The number of Topliss-reactive ketones (excluding diaryl/α,β-unsaturated/α-hetero) is 1. The van der Waals surface area contributed by atoms with Gasteiger partial charge in [0.15, 0.2) is 5.78 Å². The normalized spacial score (nSPS) is 10.5. The third-order valence-electron chi connectivity index (χ3n) is 3.21. The second-order valence-electron chi connectivity index (χ2n) is 4.59. The molecule has 2 aromatic carbocycles. The lowest BCUT2D eigenvalue weighted by Gasteiger charge is -2.09. The predicted molar refractivity (Wildman–Crippen MR) is 70.3 cm³/mol. The van der Waals surface area contributed by atoms with Crippen molar-refractivity contribution in [3.8, 4) is 0 Å². The lowest BCUT2D eigenvalue weighted by atomic mass is 9.95. The van der Waals surface area contributed by atoms with E-state index in [1.165, 1.54) is 0 Å². The van der Waals surface area contributed by atoms with Gasteiger partial charge in [0.2, 0.25) is 0 Å². The molecule has 3 heteroatoms. The predicted octanol–water partition coefficient (Wildman–Crippen LogP) is 4.01. The summed E-state index contributed by atoms with van der Waals surface area (Å²) in [5.41, 5.74) is 2.63. The highest BCUT2D eigenvalue weighted by Gasteiger charge is 2.15. The second kappa shape index (κ2) is 5.31. The van der Waals surface area contributed by atoms with E-state index in [1.54, 1.807) is 0 Å². The van der Waals surface area contributed by atoms with Gasteiger partial charge in [0.25, 0.3) is 0 Å². The summed E-state index contributed by atoms with van der Waals surface area (Å²) in [5, 5.41) is 0. The van der Waals surface area contributed by atoms with Gasteiger partial charge in [0, 0.05) is 6.42 Å². The van der Waals surface area contributed by atoms with E-state index >= 15 is 0 Å². The fraction of sp³-hybridized carbons (Fsp3) is 0.188. The van der Waals surface area contributed by atoms with Crippen LogP contribution in [0, 0.1) is 25.5 Å². The topological polar surface area (TPSA) is 17.1 Å². The fourth-order valence-electron chi connectivity index (χ4n) is 2.09. The zero-order chi connectivity index (χ0) is 14.0. The van der Waals surface area contributed by atoms with Gasteiger partial charge in [-0.15, -0.1) is 0 Å². The van der Waals surface area contributed by atoms with Crippen molar-refractivity contribution < 1.29 is 13.6 Å². The molecule has 0 bridgehead atoms. The minimum atomic E-state index is -0.683. The summed E-state index contributed by atoms with van der Waals surface area (Å²) in [4.78, 5) is 12.1. The minimum absolute atomic E-state index is 0.0822. The number of hydrogen-bond donors (Lipinski definition) is 0. The third kappa shape index (κ3) is 2.87. The average Bonchev–Trinajstić information content (AvgIpc) is 2.37. The molecule has 19 heavy (non-hydrogen) atoms. The molecule has 0 fully saturated rings. The van der Waals surface area contributed by atoms with Crippen molar-refractivity contribution >= 4 is 5.78 Å². The summed E-state index contributed by atoms with van der Waals surface area (Å²) < 4.78 is 26.6. The van der Waals surface area contributed by atoms with Crippen molar-refractivity contribution in [2.24, 2.45) is 0 Å². The van der Waals surface area contributed by atoms with Crippen LogP contribution in [0.15, 0.2) is 36.4 Å². The second-order valence-corrected chi connectivity index (χ2v) is 4.59. The summed E-state index contributed by atoms with van der Waals surface area (Å²) in [6.45, 7) is 3.80. The first-order valence-corrected chi connectivity index (χ1v) is 6.02. The first-order valence-electron chi connectivity index (χ1n) is 6.02. The van der Waals surface area contributed by atoms with Crippen molar-refractivity contribution in [2.45, 2.75) is 20.3 Å². The molecule has 0 amide bonds. The molecule has 0 aliphatic heterocycles. The zero-order valence-electron chi connectivity index (χ0n) is 10.8. The van der Waals surface area contributed by atoms with Crippen LogP contribution < -0.4 is 0 Å². The van der Waals surface area contributed by atoms with Crippen molar-refractivity contribution in [1.29, 1.82) is 0 Å². The van der Waals surface area contributed by atoms with Crippen LogP contribution in [0.4, 0.5) is 8.78 Å². The number of halogens is 2. The number of ketones is 1. The molecule has 0 radical (unpaired) electrons. The van der Waals surface area contributed by atoms with E-state index in [9.17, 15) is 13.6 Å². The Balaban J connectivity index is 2.34. The van der Waals surface area contributed by atoms with Gasteiger partial charge in [0.05, 0.1) is 5.56 Å². The Labute approximate surface area is 110 Å². The summed E-state index contributed by atoms with van der Waals surface area (Å²) in [6, 6.07) is 8.64. The Bertz CT molecular complexity index is 612. The maximum absolute atomic E-state index is 13.5. The molecular formula is C16H14F2O. The Hall–Kier alpha value is -2.03. The lowest BCUT2D eigenvalue weighted by Crippen LogP contribution is -2.09. The van der Waals surface area contributed by atoms with Gasteiger partial charge >= 0.3 is 0 Å². The molecule has 0 aromatic heterocycles. The van der Waals surface area contributed by atoms with Crippen LogP contribution in [-0.4, -0.2) is 5.78 Å². The highest BCUT2D eigenvalue weighted by atomic mass is 19.1. The van der Waals surface area contributed by atoms with E-state index in [0.717, 1.165) is 34.9 Å². The Morgan fingerprint density at radius 2 is 1.68 bits per heavy atom. The lowest BCUT2D eigenvalue weighted by molar-refractivity contribution is 0.0988. The van der Waals surface area contributed by atoms with Gasteiger partial charge in [-0.25, -0.2) is 8.78 Å². The minimum Gasteiger partial charge on any atom is -0.294 e. The van der Waals surface area contributed by atoms with E-state index in [1.807, 2.05) is 32.0 Å². The molecule has 98 valence electrons. The summed E-state index contributed by atoms with van der Waals surface area (Å²) in [6.07, 6.45) is 0.0822. The van der Waals surface area contributed by atoms with Crippen LogP contribution in [0.2, 0.25) is 0 Å². The molecule has 0 aliphatic carbocycles. The molecule has 0 saturated heterocycles. The number of hydrogen-bond acceptors (Lipinski definition) is 1. The molecular weight excluding hydrogens is 246 g/mol. The molecule has 2 aromatic rings. The number of aryl methyl sites for hydroxylation is 2. The van der Waals surface area contributed by atoms with Gasteiger partial charge in [0.1, 0.15) is 11.6 Å². The molecule has 0 unspecified atom stereocenters. The van der Waals surface area contributed by atoms with Crippen LogP contribution in [0.1, 0.15) is 27.0 Å². The molecule has 0 heterocycles. The van der Waals surface area contributed by atoms with Crippen molar-refractivity contribution in [2.75, 3.05) is 0 Å². The smallest absolute Gasteiger partial charge is 0.170 e. The molecule has 1 nitrogen and oxygen atoms in total. The summed E-state index contributed by atoms with van der Waals surface area (Å²) in [5.74, 6) is -1.70. The van der Waals surface area contributed by atoms with E-state index in [2.05, 4.69) is 0 Å². The first kappa shape index (κ1) is 13.4. The maximum atomic E-state index is 13.5. The molecule has 0 aliphatic rings. The van der Waals surface area contributed by atoms with Crippen LogP contribution in [0.25, 0.3) is 0 Å². The standard InChI is InChI=1S/C16H14F2O/c1-10-4-3-5-11(2)13(10)9-16(19)14-8-12(17)6-7-15(14)18/h3-8H,9H2,1-2H3. The van der Waals surface area contributed by atoms with E-state index in [4.69, 9.17) is 0 Å². The van der Waals surface area contributed by atoms with Crippen molar-refractivity contribution in [3.05, 3.63) is 70.3 Å². The Morgan fingerprint density at radius 3 is 2.32 bits per heavy atom. The summed E-state index contributed by atoms with van der Waals surface area (Å²) in [7, 11) is 0. The highest BCUT2D eigenvalue weighted by Crippen LogP contribution is 2.18. The van der Waals surface area contributed by atoms with Crippen LogP contribution in [0.5, 0.6) is 0 Å². The van der Waals surface area contributed by atoms with Gasteiger partial charge in [-0.1, -0.05) is 18.2 Å². The molecule has 0 saturated carbocycles. The molecule has 0 spiro atoms. The van der Waals surface area contributed by atoms with Gasteiger partial charge < -0.3 is 0 Å². The van der Waals surface area contributed by atoms with Crippen LogP contribution in [-0.2, 0) is 6.42 Å². The van der Waals surface area contributed by atoms with E-state index in [-0.39, 0.29) is 12.0 Å². The number of carbonyl (C=O) groups is 1. The van der Waals surface area contributed by atoms with Crippen LogP contribution in [0.3, 0.4) is 0 Å². The van der Waals surface area contributed by atoms with Gasteiger partial charge in [-0.3, -0.25) is 4.79 Å². The van der Waals surface area contributed by atoms with Crippen molar-refractivity contribution in [3.63, 3.8) is 0 Å². The Kier molecular flexibility index (Phi) is 3.74. The van der Waals surface area contributed by atoms with Gasteiger partial charge in [-0.05, 0) is 48.7 Å². The molecule has 2 rings (SSSR count). The zero-order valence-corrected chi connectivity index (χ0v) is 10.8.